The number of likely N-dealkylation sites (tertiary alicyclic amines) is 1. The van der Waals surface area contributed by atoms with Crippen molar-refractivity contribution in [2.24, 2.45) is 28.6 Å². The highest BCUT2D eigenvalue weighted by Crippen LogP contribution is 2.65. The Hall–Kier alpha value is -2.74. The van der Waals surface area contributed by atoms with Gasteiger partial charge in [-0.3, -0.25) is 19.2 Å². The van der Waals surface area contributed by atoms with E-state index in [0.717, 1.165) is 51.4 Å². The lowest BCUT2D eigenvalue weighted by atomic mass is 9.79. The minimum absolute atomic E-state index is 0.00909. The maximum Gasteiger partial charge on any atom is 0.315 e. The average Bonchev–Trinajstić information content (AvgIpc) is 4.00. The number of hydrogen-bond donors (Lipinski definition) is 4. The summed E-state index contributed by atoms with van der Waals surface area (Å²) in [5.74, 6) is -1.76. The van der Waals surface area contributed by atoms with E-state index in [4.69, 9.17) is 0 Å². The monoisotopic (exact) mass is 720 g/mol. The number of amides is 5. The number of hydrogen-bond acceptors (Lipinski definition) is 7. The lowest BCUT2D eigenvalue weighted by Crippen LogP contribution is -2.65. The third-order valence-electron chi connectivity index (χ3n) is 12.3. The molecule has 14 heteroatoms. The molecule has 0 unspecified atom stereocenters. The van der Waals surface area contributed by atoms with Crippen molar-refractivity contribution < 1.29 is 32.4 Å². The van der Waals surface area contributed by atoms with Crippen LogP contribution in [-0.2, 0) is 29.2 Å². The number of carbonyl (C=O) groups is 5. The van der Waals surface area contributed by atoms with Crippen molar-refractivity contribution in [2.45, 2.75) is 147 Å². The van der Waals surface area contributed by atoms with Gasteiger partial charge in [0.05, 0.1) is 16.8 Å². The van der Waals surface area contributed by atoms with E-state index in [0.29, 0.717) is 31.7 Å². The first-order valence-corrected chi connectivity index (χ1v) is 20.2. The summed E-state index contributed by atoms with van der Waals surface area (Å²) in [4.78, 5) is 70.2. The van der Waals surface area contributed by atoms with Gasteiger partial charge in [0.2, 0.25) is 27.6 Å². The summed E-state index contributed by atoms with van der Waals surface area (Å²) >= 11 is 0. The third kappa shape index (κ3) is 8.00. The van der Waals surface area contributed by atoms with E-state index in [1.54, 1.807) is 11.8 Å². The van der Waals surface area contributed by atoms with Gasteiger partial charge in [0.1, 0.15) is 12.1 Å². The zero-order chi connectivity index (χ0) is 37.0. The molecule has 5 fully saturated rings. The Morgan fingerprint density at radius 1 is 0.940 bits per heavy atom. The molecule has 5 amide bonds. The van der Waals surface area contributed by atoms with Gasteiger partial charge in [-0.25, -0.2) is 17.5 Å². The third-order valence-corrected chi connectivity index (χ3v) is 14.7. The fraction of sp³-hybridized carbons (Fsp3) is 0.861. The van der Waals surface area contributed by atoms with Crippen LogP contribution in [0, 0.1) is 28.6 Å². The van der Waals surface area contributed by atoms with E-state index in [1.807, 2.05) is 20.8 Å². The van der Waals surface area contributed by atoms with Gasteiger partial charge >= 0.3 is 6.03 Å². The predicted molar refractivity (Wildman–Crippen MR) is 189 cm³/mol. The van der Waals surface area contributed by atoms with Gasteiger partial charge in [-0.1, -0.05) is 66.7 Å². The summed E-state index contributed by atoms with van der Waals surface area (Å²) in [6.07, 6.45) is 8.40. The molecular formula is C36H60N6O7S. The van der Waals surface area contributed by atoms with E-state index in [1.165, 1.54) is 18.4 Å². The highest BCUT2D eigenvalue weighted by atomic mass is 32.2. The summed E-state index contributed by atoms with van der Waals surface area (Å²) in [6, 6.07) is -3.49. The first kappa shape index (κ1) is 38.5. The maximum absolute atomic E-state index is 14.5. The fourth-order valence-electron chi connectivity index (χ4n) is 8.42. The van der Waals surface area contributed by atoms with Gasteiger partial charge in [-0.15, -0.1) is 0 Å². The molecule has 4 aliphatic carbocycles. The zero-order valence-electron chi connectivity index (χ0n) is 31.3. The van der Waals surface area contributed by atoms with E-state index >= 15 is 0 Å². The molecule has 0 radical (unpaired) electrons. The minimum Gasteiger partial charge on any atom is -0.347 e. The SMILES string of the molecule is C[C@H](C1(NC(=O)N[C@H](C(=O)N2C[C@H]3[C@@H]([C@H]2C(=O)N[C@@H](CCC2CC2)C(=O)C(=O)NC2CC2)C3(C)C)C(C)(C)C)CCCCC1)S(=O)(=O)N(C)C. The molecule has 5 rings (SSSR count). The zero-order valence-corrected chi connectivity index (χ0v) is 32.1. The molecule has 4 saturated carbocycles. The summed E-state index contributed by atoms with van der Waals surface area (Å²) in [7, 11) is -0.733. The largest absolute Gasteiger partial charge is 0.347 e. The number of ketones is 1. The van der Waals surface area contributed by atoms with Crippen LogP contribution in [0.4, 0.5) is 4.79 Å². The lowest BCUT2D eigenvalue weighted by Gasteiger charge is -2.44. The standard InChI is InChI=1S/C36H60N6O7S/c1-21(50(48,49)41(7)8)36(18-10-9-11-19-36)40-33(47)39-29(34(2,3)4)32(46)42-20-24-26(35(24,5)6)27(42)30(44)38-25(17-14-22-12-13-22)28(43)31(45)37-23-15-16-23/h21-27,29H,9-20H2,1-8H3,(H,37,45)(H,38,44)(H2,39,40,47)/t21-,24+,25+,26+,27+,29-/m1/s1. The van der Waals surface area contributed by atoms with Crippen molar-refractivity contribution in [3.8, 4) is 0 Å². The van der Waals surface area contributed by atoms with E-state index in [9.17, 15) is 32.4 Å². The summed E-state index contributed by atoms with van der Waals surface area (Å²) in [5, 5.41) is 10.7. The number of fused-ring (bicyclic) bond motifs is 1. The first-order valence-electron chi connectivity index (χ1n) is 18.7. The van der Waals surface area contributed by atoms with Crippen LogP contribution in [-0.4, -0.2) is 103 Å². The molecule has 0 bridgehead atoms. The van der Waals surface area contributed by atoms with Gasteiger partial charge in [-0.05, 0) is 74.0 Å². The van der Waals surface area contributed by atoms with Crippen molar-refractivity contribution in [1.29, 1.82) is 0 Å². The predicted octanol–water partition coefficient (Wildman–Crippen LogP) is 2.69. The maximum atomic E-state index is 14.5. The number of rotatable bonds is 14. The Balaban J connectivity index is 1.34. The molecule has 0 aromatic rings. The van der Waals surface area contributed by atoms with Crippen LogP contribution < -0.4 is 21.3 Å². The highest BCUT2D eigenvalue weighted by Gasteiger charge is 2.70. The Morgan fingerprint density at radius 2 is 1.56 bits per heavy atom. The molecule has 1 saturated heterocycles. The number of nitrogens with zero attached hydrogens (tertiary/aromatic N) is 2. The van der Waals surface area contributed by atoms with Gasteiger partial charge in [-0.2, -0.15) is 0 Å². The molecule has 0 spiro atoms. The van der Waals surface area contributed by atoms with Crippen molar-refractivity contribution in [3.63, 3.8) is 0 Å². The molecule has 282 valence electrons. The molecular weight excluding hydrogens is 660 g/mol. The van der Waals surface area contributed by atoms with Crippen molar-refractivity contribution in [3.05, 3.63) is 0 Å². The molecule has 4 N–H and O–H groups in total. The van der Waals surface area contributed by atoms with Crippen LogP contribution in [0.1, 0.15) is 112 Å². The normalized spacial score (nSPS) is 27.4. The second kappa shape index (κ2) is 14.0. The summed E-state index contributed by atoms with van der Waals surface area (Å²) < 4.78 is 27.7. The smallest absolute Gasteiger partial charge is 0.315 e. The number of piperidine rings is 1. The minimum atomic E-state index is -3.70. The molecule has 0 aromatic carbocycles. The number of carbonyl (C=O) groups excluding carboxylic acids is 5. The summed E-state index contributed by atoms with van der Waals surface area (Å²) in [5.41, 5.74) is -1.96. The second-order valence-electron chi connectivity index (χ2n) is 17.7. The summed E-state index contributed by atoms with van der Waals surface area (Å²) in [6.45, 7) is 11.6. The molecule has 50 heavy (non-hydrogen) atoms. The van der Waals surface area contributed by atoms with Crippen LogP contribution >= 0.6 is 0 Å². The van der Waals surface area contributed by atoms with E-state index in [-0.39, 0.29) is 23.3 Å². The Kier molecular flexibility index (Phi) is 10.8. The average molecular weight is 721 g/mol. The van der Waals surface area contributed by atoms with E-state index in [2.05, 4.69) is 35.1 Å². The highest BCUT2D eigenvalue weighted by molar-refractivity contribution is 7.89. The molecule has 0 aromatic heterocycles. The Morgan fingerprint density at radius 3 is 2.10 bits per heavy atom. The topological polar surface area (TPSA) is 174 Å². The number of sulfonamides is 1. The van der Waals surface area contributed by atoms with Gasteiger partial charge in [0, 0.05) is 26.7 Å². The first-order chi connectivity index (χ1) is 23.2. The van der Waals surface area contributed by atoms with Gasteiger partial charge in [0.25, 0.3) is 5.91 Å². The number of nitrogens with one attached hydrogen (secondary N) is 4. The second-order valence-corrected chi connectivity index (χ2v) is 20.1. The molecule has 5 aliphatic rings. The molecule has 1 aliphatic heterocycles. The van der Waals surface area contributed by atoms with Crippen LogP contribution in [0.5, 0.6) is 0 Å². The number of Topliss-reactive ketones (excluding diaryl/α,β-unsaturated/α-hetero) is 1. The fourth-order valence-corrected chi connectivity index (χ4v) is 9.91. The molecule has 1 heterocycles. The van der Waals surface area contributed by atoms with Crippen molar-refractivity contribution >= 4 is 39.6 Å². The molecule has 6 atom stereocenters. The molecule has 13 nitrogen and oxygen atoms in total. The van der Waals surface area contributed by atoms with Crippen LogP contribution in [0.15, 0.2) is 0 Å². The van der Waals surface area contributed by atoms with Crippen LogP contribution in [0.2, 0.25) is 0 Å². The van der Waals surface area contributed by atoms with Crippen LogP contribution in [0.3, 0.4) is 0 Å². The van der Waals surface area contributed by atoms with Crippen LogP contribution in [0.25, 0.3) is 0 Å². The quantitative estimate of drug-likeness (QED) is 0.200. The van der Waals surface area contributed by atoms with E-state index < -0.39 is 73.9 Å². The van der Waals surface area contributed by atoms with Gasteiger partial charge in [0.15, 0.2) is 0 Å². The van der Waals surface area contributed by atoms with Crippen molar-refractivity contribution in [1.82, 2.24) is 30.5 Å². The lowest BCUT2D eigenvalue weighted by molar-refractivity contribution is -0.145. The van der Waals surface area contributed by atoms with Crippen molar-refractivity contribution in [2.75, 3.05) is 20.6 Å². The number of urea groups is 1. The Labute approximate surface area is 298 Å². The Bertz CT molecular complexity index is 1460. The van der Waals surface area contributed by atoms with Gasteiger partial charge < -0.3 is 26.2 Å².